The fourth-order valence-corrected chi connectivity index (χ4v) is 4.94. The summed E-state index contributed by atoms with van der Waals surface area (Å²) in [5.74, 6) is 0. The topological polar surface area (TPSA) is 53.0 Å². The van der Waals surface area contributed by atoms with Gasteiger partial charge in [-0.15, -0.1) is 0 Å². The quantitative estimate of drug-likeness (QED) is 0.895. The number of piperidine rings is 1. The molecule has 0 bridgehead atoms. The smallest absolute Gasteiger partial charge is 0.0926 e. The number of H-pyrrole nitrogens is 1. The number of likely N-dealkylation sites (N-methyl/N-ethyl adjacent to an activating group) is 1. The zero-order valence-electron chi connectivity index (χ0n) is 16.5. The Hall–Kier alpha value is -1.66. The summed E-state index contributed by atoms with van der Waals surface area (Å²) < 4.78 is 2.15. The molecule has 6 nitrogen and oxygen atoms in total. The molecule has 1 N–H and O–H groups in total. The predicted molar refractivity (Wildman–Crippen MR) is 103 cm³/mol. The summed E-state index contributed by atoms with van der Waals surface area (Å²) in [7, 11) is 0. The van der Waals surface area contributed by atoms with E-state index in [1.165, 1.54) is 35.5 Å². The van der Waals surface area contributed by atoms with Crippen molar-refractivity contribution in [2.24, 2.45) is 0 Å². The van der Waals surface area contributed by atoms with E-state index in [0.717, 1.165) is 52.1 Å². The monoisotopic (exact) mass is 356 g/mol. The largest absolute Gasteiger partial charge is 0.348 e. The first-order valence-corrected chi connectivity index (χ1v) is 10.2. The first kappa shape index (κ1) is 17.7. The summed E-state index contributed by atoms with van der Waals surface area (Å²) in [6.45, 7) is 13.2. The Morgan fingerprint density at radius 3 is 2.73 bits per heavy atom. The molecule has 0 amide bonds. The Morgan fingerprint density at radius 1 is 1.19 bits per heavy atom. The lowest BCUT2D eigenvalue weighted by molar-refractivity contribution is 0.00705. The molecule has 0 atom stereocenters. The maximum absolute atomic E-state index is 4.75. The van der Waals surface area contributed by atoms with Crippen molar-refractivity contribution in [2.45, 2.75) is 65.1 Å². The minimum atomic E-state index is 0.139. The van der Waals surface area contributed by atoms with Crippen LogP contribution >= 0.6 is 0 Å². The number of likely N-dealkylation sites (tertiary alicyclic amines) is 1. The molecule has 2 aromatic rings. The molecule has 4 heterocycles. The second-order valence-corrected chi connectivity index (χ2v) is 7.85. The lowest BCUT2D eigenvalue weighted by Gasteiger charge is -2.50. The molecule has 0 radical (unpaired) electrons. The first-order chi connectivity index (χ1) is 12.7. The fraction of sp³-hybridized carbons (Fsp3) is 0.700. The van der Waals surface area contributed by atoms with Crippen LogP contribution in [-0.2, 0) is 25.0 Å². The molecule has 2 aliphatic heterocycles. The standard InChI is InChI=1S/C20H32N6/c1-4-9-26-16(3)17(13-23-26)14-24-11-7-20(8-12-24)19-18(21-15-22-19)6-10-25(20)5-2/h13,15H,4-12,14H2,1-3H3,(H,21,22). The second-order valence-electron chi connectivity index (χ2n) is 7.85. The van der Waals surface area contributed by atoms with Crippen molar-refractivity contribution in [3.05, 3.63) is 35.2 Å². The lowest BCUT2D eigenvalue weighted by Crippen LogP contribution is -2.56. The van der Waals surface area contributed by atoms with Gasteiger partial charge in [-0.1, -0.05) is 13.8 Å². The summed E-state index contributed by atoms with van der Waals surface area (Å²) in [4.78, 5) is 13.4. The van der Waals surface area contributed by atoms with E-state index in [9.17, 15) is 0 Å². The van der Waals surface area contributed by atoms with Crippen LogP contribution in [0, 0.1) is 6.92 Å². The molecule has 2 aliphatic rings. The number of imidazole rings is 1. The maximum Gasteiger partial charge on any atom is 0.0926 e. The summed E-state index contributed by atoms with van der Waals surface area (Å²) in [6.07, 6.45) is 8.53. The number of nitrogens with one attached hydrogen (secondary N) is 1. The van der Waals surface area contributed by atoms with E-state index in [1.54, 1.807) is 0 Å². The lowest BCUT2D eigenvalue weighted by atomic mass is 9.78. The van der Waals surface area contributed by atoms with Gasteiger partial charge in [0.15, 0.2) is 0 Å². The van der Waals surface area contributed by atoms with Crippen LogP contribution in [0.5, 0.6) is 0 Å². The molecule has 1 fully saturated rings. The van der Waals surface area contributed by atoms with Crippen LogP contribution in [0.15, 0.2) is 12.5 Å². The zero-order chi connectivity index (χ0) is 18.1. The number of aromatic amines is 1. The number of aromatic nitrogens is 4. The second kappa shape index (κ2) is 7.16. The van der Waals surface area contributed by atoms with Gasteiger partial charge in [-0.25, -0.2) is 4.98 Å². The van der Waals surface area contributed by atoms with E-state index >= 15 is 0 Å². The van der Waals surface area contributed by atoms with Crippen LogP contribution in [0.3, 0.4) is 0 Å². The van der Waals surface area contributed by atoms with E-state index in [-0.39, 0.29) is 5.54 Å². The molecule has 0 saturated carbocycles. The normalized spacial score (nSPS) is 20.6. The molecule has 0 unspecified atom stereocenters. The van der Waals surface area contributed by atoms with Crippen LogP contribution in [0.4, 0.5) is 0 Å². The number of nitrogens with zero attached hydrogens (tertiary/aromatic N) is 5. The van der Waals surface area contributed by atoms with E-state index in [0.29, 0.717) is 0 Å². The maximum atomic E-state index is 4.75. The van der Waals surface area contributed by atoms with Crippen molar-refractivity contribution in [3.63, 3.8) is 0 Å². The Bertz CT molecular complexity index is 737. The number of hydrogen-bond donors (Lipinski definition) is 1. The van der Waals surface area contributed by atoms with E-state index < -0.39 is 0 Å². The van der Waals surface area contributed by atoms with E-state index in [2.05, 4.69) is 51.5 Å². The van der Waals surface area contributed by atoms with Crippen LogP contribution in [-0.4, -0.2) is 55.7 Å². The van der Waals surface area contributed by atoms with Gasteiger partial charge in [-0.05, 0) is 32.7 Å². The molecular weight excluding hydrogens is 324 g/mol. The van der Waals surface area contributed by atoms with E-state index in [4.69, 9.17) is 4.98 Å². The highest BCUT2D eigenvalue weighted by Gasteiger charge is 2.45. The average Bonchev–Trinajstić information content (AvgIpc) is 3.27. The number of rotatable bonds is 5. The van der Waals surface area contributed by atoms with Gasteiger partial charge in [0.1, 0.15) is 0 Å². The first-order valence-electron chi connectivity index (χ1n) is 10.2. The van der Waals surface area contributed by atoms with Crippen LogP contribution in [0.2, 0.25) is 0 Å². The number of hydrogen-bond acceptors (Lipinski definition) is 4. The van der Waals surface area contributed by atoms with Gasteiger partial charge in [0, 0.05) is 56.1 Å². The van der Waals surface area contributed by atoms with Gasteiger partial charge >= 0.3 is 0 Å². The van der Waals surface area contributed by atoms with Crippen molar-refractivity contribution in [1.82, 2.24) is 29.5 Å². The highest BCUT2D eigenvalue weighted by molar-refractivity contribution is 5.27. The SMILES string of the molecule is CCCn1ncc(CN2CCC3(CC2)c2nc[nH]c2CCN3CC)c1C. The van der Waals surface area contributed by atoms with Gasteiger partial charge < -0.3 is 4.98 Å². The van der Waals surface area contributed by atoms with Crippen molar-refractivity contribution in [2.75, 3.05) is 26.2 Å². The van der Waals surface area contributed by atoms with Crippen LogP contribution < -0.4 is 0 Å². The Kier molecular flexibility index (Phi) is 4.88. The Labute approximate surface area is 156 Å². The van der Waals surface area contributed by atoms with Gasteiger partial charge in [0.2, 0.25) is 0 Å². The Morgan fingerprint density at radius 2 is 2.00 bits per heavy atom. The van der Waals surface area contributed by atoms with Crippen molar-refractivity contribution >= 4 is 0 Å². The van der Waals surface area contributed by atoms with Gasteiger partial charge in [0.05, 0.1) is 23.8 Å². The fourth-order valence-electron chi connectivity index (χ4n) is 4.94. The average molecular weight is 357 g/mol. The van der Waals surface area contributed by atoms with Crippen molar-refractivity contribution in [3.8, 4) is 0 Å². The summed E-state index contributed by atoms with van der Waals surface area (Å²) in [5, 5.41) is 4.57. The third-order valence-corrected chi connectivity index (χ3v) is 6.50. The molecule has 4 rings (SSSR count). The molecule has 26 heavy (non-hydrogen) atoms. The Balaban J connectivity index is 1.47. The third kappa shape index (κ3) is 2.89. The van der Waals surface area contributed by atoms with Gasteiger partial charge in [0.25, 0.3) is 0 Å². The summed E-state index contributed by atoms with van der Waals surface area (Å²) in [6, 6.07) is 0. The van der Waals surface area contributed by atoms with E-state index in [1.807, 2.05) is 6.33 Å². The molecule has 0 aromatic carbocycles. The number of aryl methyl sites for hydroxylation is 1. The van der Waals surface area contributed by atoms with Gasteiger partial charge in [-0.3, -0.25) is 14.5 Å². The van der Waals surface area contributed by atoms with Crippen molar-refractivity contribution in [1.29, 1.82) is 0 Å². The molecule has 2 aromatic heterocycles. The summed E-state index contributed by atoms with van der Waals surface area (Å²) >= 11 is 0. The molecular formula is C20H32N6. The summed E-state index contributed by atoms with van der Waals surface area (Å²) in [5.41, 5.74) is 5.53. The zero-order valence-corrected chi connectivity index (χ0v) is 16.5. The van der Waals surface area contributed by atoms with Crippen molar-refractivity contribution < 1.29 is 0 Å². The van der Waals surface area contributed by atoms with Gasteiger partial charge in [-0.2, -0.15) is 5.10 Å². The minimum Gasteiger partial charge on any atom is -0.348 e. The number of fused-ring (bicyclic) bond motifs is 2. The third-order valence-electron chi connectivity index (χ3n) is 6.50. The molecule has 142 valence electrons. The van der Waals surface area contributed by atoms with Crippen LogP contribution in [0.1, 0.15) is 55.8 Å². The highest BCUT2D eigenvalue weighted by atomic mass is 15.3. The molecule has 0 aliphatic carbocycles. The minimum absolute atomic E-state index is 0.139. The molecule has 6 heteroatoms. The molecule has 1 saturated heterocycles. The van der Waals surface area contributed by atoms with Crippen LogP contribution in [0.25, 0.3) is 0 Å². The molecule has 1 spiro atoms. The predicted octanol–water partition coefficient (Wildman–Crippen LogP) is 2.69. The highest BCUT2D eigenvalue weighted by Crippen LogP contribution is 2.42.